The van der Waals surface area contributed by atoms with Gasteiger partial charge in [0, 0.05) is 5.56 Å². The average Bonchev–Trinajstić information content (AvgIpc) is 2.83. The number of aliphatic carboxylic acids is 1. The van der Waals surface area contributed by atoms with E-state index in [0.717, 1.165) is 11.1 Å². The van der Waals surface area contributed by atoms with E-state index in [0.29, 0.717) is 11.3 Å². The second kappa shape index (κ2) is 13.3. The molecule has 1 unspecified atom stereocenters. The van der Waals surface area contributed by atoms with E-state index in [1.54, 1.807) is 18.2 Å². The van der Waals surface area contributed by atoms with Gasteiger partial charge in [-0.3, -0.25) is 24.3 Å². The summed E-state index contributed by atoms with van der Waals surface area (Å²) in [6.07, 6.45) is -2.15. The SMILES string of the molecule is CCOC(=O)CC(CC(=O)OCC)(NC(Cc1ccc(-c2ccccc2)c(OC)c1)C(=O)O)P(=O)(O)O. The molecular weight excluding hydrogens is 505 g/mol. The third-order valence-electron chi connectivity index (χ3n) is 5.57. The summed E-state index contributed by atoms with van der Waals surface area (Å²) in [5, 5.41) is 9.76. The molecule has 0 aliphatic carbocycles. The molecule has 2 aromatic rings. The molecule has 4 N–H and O–H groups in total. The van der Waals surface area contributed by atoms with Gasteiger partial charge >= 0.3 is 25.5 Å². The molecule has 0 amide bonds. The molecule has 0 aliphatic rings. The van der Waals surface area contributed by atoms with Crippen molar-refractivity contribution in [3.63, 3.8) is 0 Å². The molecule has 0 saturated heterocycles. The van der Waals surface area contributed by atoms with Crippen LogP contribution in [-0.2, 0) is 34.8 Å². The summed E-state index contributed by atoms with van der Waals surface area (Å²) in [4.78, 5) is 57.2. The summed E-state index contributed by atoms with van der Waals surface area (Å²) < 4.78 is 27.8. The van der Waals surface area contributed by atoms with Gasteiger partial charge in [-0.05, 0) is 37.5 Å². The minimum absolute atomic E-state index is 0.0780. The maximum absolute atomic E-state index is 12.6. The lowest BCUT2D eigenvalue weighted by Gasteiger charge is -2.36. The number of carbonyl (C=O) groups excluding carboxylic acids is 2. The first-order valence-corrected chi connectivity index (χ1v) is 13.2. The molecule has 0 radical (unpaired) electrons. The molecule has 0 aliphatic heterocycles. The van der Waals surface area contributed by atoms with Crippen LogP contribution in [0, 0.1) is 0 Å². The first-order valence-electron chi connectivity index (χ1n) is 11.6. The number of hydrogen-bond acceptors (Lipinski definition) is 8. The number of ether oxygens (including phenoxy) is 3. The summed E-state index contributed by atoms with van der Waals surface area (Å²) in [6, 6.07) is 12.8. The molecule has 202 valence electrons. The lowest BCUT2D eigenvalue weighted by Crippen LogP contribution is -2.56. The summed E-state index contributed by atoms with van der Waals surface area (Å²) in [5.74, 6) is -3.01. The van der Waals surface area contributed by atoms with Gasteiger partial charge in [-0.1, -0.05) is 42.5 Å². The van der Waals surface area contributed by atoms with E-state index in [4.69, 9.17) is 14.2 Å². The van der Waals surface area contributed by atoms with E-state index in [-0.39, 0.29) is 19.6 Å². The molecule has 37 heavy (non-hydrogen) atoms. The lowest BCUT2D eigenvalue weighted by molar-refractivity contribution is -0.149. The van der Waals surface area contributed by atoms with Crippen LogP contribution in [0.15, 0.2) is 48.5 Å². The molecule has 2 aromatic carbocycles. The van der Waals surface area contributed by atoms with Crippen molar-refractivity contribution >= 4 is 25.5 Å². The maximum atomic E-state index is 12.6. The number of methoxy groups -OCH3 is 1. The standard InChI is InChI=1S/C25H32NO10P/c1-4-35-22(27)15-25(37(31,32)33,16-23(28)36-5-2)26-20(24(29)30)13-17-11-12-19(21(14-17)34-3)18-9-7-6-8-10-18/h6-12,14,20,26H,4-5,13,15-16H2,1-3H3,(H,29,30)(H2,31,32,33). The highest BCUT2D eigenvalue weighted by molar-refractivity contribution is 7.53. The third kappa shape index (κ3) is 8.13. The van der Waals surface area contributed by atoms with Gasteiger partial charge in [-0.25, -0.2) is 0 Å². The Labute approximate surface area is 214 Å². The van der Waals surface area contributed by atoms with E-state index in [2.05, 4.69) is 5.32 Å². The lowest BCUT2D eigenvalue weighted by atomic mass is 9.98. The first kappa shape index (κ1) is 30.0. The molecule has 0 aromatic heterocycles. The zero-order chi connectivity index (χ0) is 27.6. The molecule has 12 heteroatoms. The van der Waals surface area contributed by atoms with Crippen LogP contribution in [0.2, 0.25) is 0 Å². The smallest absolute Gasteiger partial charge is 0.346 e. The van der Waals surface area contributed by atoms with Crippen LogP contribution in [0.4, 0.5) is 0 Å². The average molecular weight is 538 g/mol. The van der Waals surface area contributed by atoms with Crippen LogP contribution in [0.1, 0.15) is 32.3 Å². The molecule has 0 saturated carbocycles. The number of rotatable bonds is 14. The van der Waals surface area contributed by atoms with E-state index < -0.39 is 49.7 Å². The Morgan fingerprint density at radius 1 is 0.973 bits per heavy atom. The highest BCUT2D eigenvalue weighted by atomic mass is 31.2. The Morgan fingerprint density at radius 2 is 1.54 bits per heavy atom. The predicted octanol–water partition coefficient (Wildman–Crippen LogP) is 2.73. The van der Waals surface area contributed by atoms with Crippen molar-refractivity contribution in [2.75, 3.05) is 20.3 Å². The first-order chi connectivity index (χ1) is 17.5. The minimum Gasteiger partial charge on any atom is -0.496 e. The number of carbonyl (C=O) groups is 3. The van der Waals surface area contributed by atoms with E-state index >= 15 is 0 Å². The minimum atomic E-state index is -5.32. The van der Waals surface area contributed by atoms with Crippen molar-refractivity contribution in [1.82, 2.24) is 5.32 Å². The van der Waals surface area contributed by atoms with Crippen LogP contribution in [0.25, 0.3) is 11.1 Å². The van der Waals surface area contributed by atoms with Crippen LogP contribution < -0.4 is 10.1 Å². The number of esters is 2. The normalized spacial score (nSPS) is 12.5. The fourth-order valence-corrected chi connectivity index (χ4v) is 4.83. The quantitative estimate of drug-likeness (QED) is 0.206. The summed E-state index contributed by atoms with van der Waals surface area (Å²) in [7, 11) is -3.86. The highest BCUT2D eigenvalue weighted by Crippen LogP contribution is 2.53. The maximum Gasteiger partial charge on any atom is 0.346 e. The van der Waals surface area contributed by atoms with Crippen molar-refractivity contribution in [1.29, 1.82) is 0 Å². The molecule has 0 fully saturated rings. The van der Waals surface area contributed by atoms with Crippen molar-refractivity contribution in [3.8, 4) is 16.9 Å². The molecule has 11 nitrogen and oxygen atoms in total. The predicted molar refractivity (Wildman–Crippen MR) is 134 cm³/mol. The Kier molecular flexibility index (Phi) is 10.8. The van der Waals surface area contributed by atoms with Gasteiger partial charge < -0.3 is 29.1 Å². The fourth-order valence-electron chi connectivity index (χ4n) is 3.84. The van der Waals surface area contributed by atoms with Gasteiger partial charge in [0.2, 0.25) is 0 Å². The van der Waals surface area contributed by atoms with Crippen molar-refractivity contribution in [2.24, 2.45) is 0 Å². The molecule has 0 heterocycles. The zero-order valence-corrected chi connectivity index (χ0v) is 21.8. The van der Waals surface area contributed by atoms with Crippen LogP contribution in [0.3, 0.4) is 0 Å². The molecule has 0 spiro atoms. The van der Waals surface area contributed by atoms with E-state index in [9.17, 15) is 33.8 Å². The van der Waals surface area contributed by atoms with Gasteiger partial charge in [0.15, 0.2) is 0 Å². The second-order valence-electron chi connectivity index (χ2n) is 8.18. The number of carboxylic acids is 1. The van der Waals surface area contributed by atoms with Crippen molar-refractivity contribution in [3.05, 3.63) is 54.1 Å². The summed E-state index contributed by atoms with van der Waals surface area (Å²) >= 11 is 0. The van der Waals surface area contributed by atoms with Gasteiger partial charge in [-0.2, -0.15) is 0 Å². The largest absolute Gasteiger partial charge is 0.496 e. The molecule has 2 rings (SSSR count). The highest BCUT2D eigenvalue weighted by Gasteiger charge is 2.52. The Bertz CT molecular complexity index is 1110. The monoisotopic (exact) mass is 537 g/mol. The fraction of sp³-hybridized carbons (Fsp3) is 0.400. The Morgan fingerprint density at radius 3 is 2.00 bits per heavy atom. The number of carboxylic acid groups (broad SMARTS) is 1. The number of benzene rings is 2. The zero-order valence-electron chi connectivity index (χ0n) is 20.9. The summed E-state index contributed by atoms with van der Waals surface area (Å²) in [5.41, 5.74) is 2.12. The van der Waals surface area contributed by atoms with Gasteiger partial charge in [-0.15, -0.1) is 0 Å². The number of hydrogen-bond donors (Lipinski definition) is 4. The molecular formula is C25H32NO10P. The summed E-state index contributed by atoms with van der Waals surface area (Å²) in [6.45, 7) is 2.85. The van der Waals surface area contributed by atoms with Gasteiger partial charge in [0.05, 0.1) is 33.2 Å². The van der Waals surface area contributed by atoms with Crippen molar-refractivity contribution < 1.29 is 48.1 Å². The van der Waals surface area contributed by atoms with Gasteiger partial charge in [0.1, 0.15) is 17.1 Å². The number of nitrogens with one attached hydrogen (secondary N) is 1. The van der Waals surface area contributed by atoms with Crippen molar-refractivity contribution in [2.45, 2.75) is 44.4 Å². The van der Waals surface area contributed by atoms with E-state index in [1.165, 1.54) is 21.0 Å². The third-order valence-corrected chi connectivity index (χ3v) is 7.13. The van der Waals surface area contributed by atoms with Gasteiger partial charge in [0.25, 0.3) is 0 Å². The molecule has 0 bridgehead atoms. The van der Waals surface area contributed by atoms with Crippen LogP contribution in [0.5, 0.6) is 5.75 Å². The Hall–Kier alpha value is -3.24. The van der Waals surface area contributed by atoms with Crippen LogP contribution in [-0.4, -0.2) is 64.4 Å². The van der Waals surface area contributed by atoms with Crippen LogP contribution >= 0.6 is 7.60 Å². The van der Waals surface area contributed by atoms with E-state index in [1.807, 2.05) is 30.3 Å². The molecule has 1 atom stereocenters. The Balaban J connectivity index is 2.46. The second-order valence-corrected chi connectivity index (χ2v) is 10.1. The topological polar surface area (TPSA) is 169 Å².